The molecular weight excluding hydrogens is 509 g/mol. The molecule has 2 atom stereocenters. The molecule has 0 radical (unpaired) electrons. The largest absolute Gasteiger partial charge is 0.489 e. The van der Waals surface area contributed by atoms with Crippen LogP contribution in [0, 0.1) is 18.4 Å². The number of anilines is 2. The number of aromatic nitrogens is 2. The molecule has 1 aromatic carbocycles. The van der Waals surface area contributed by atoms with Crippen LogP contribution in [0.15, 0.2) is 18.5 Å². The number of hydrogen-bond acceptors (Lipinski definition) is 8. The molecule has 10 nitrogen and oxygen atoms in total. The fourth-order valence-electron chi connectivity index (χ4n) is 4.50. The van der Waals surface area contributed by atoms with Crippen molar-refractivity contribution in [2.24, 2.45) is 11.8 Å². The number of carbonyl (C=O) groups is 1. The van der Waals surface area contributed by atoms with Crippen molar-refractivity contribution in [3.05, 3.63) is 39.9 Å². The zero-order chi connectivity index (χ0) is 25.4. The minimum Gasteiger partial charge on any atom is -0.489 e. The second kappa shape index (κ2) is 9.81. The number of ether oxygens (including phenoxy) is 4. The Morgan fingerprint density at radius 1 is 1.22 bits per heavy atom. The maximum Gasteiger partial charge on any atom is 0.410 e. The molecule has 1 N–H and O–H groups in total. The average molecular weight is 534 g/mol. The van der Waals surface area contributed by atoms with Crippen LogP contribution in [0.5, 0.6) is 11.6 Å². The van der Waals surface area contributed by atoms with Crippen molar-refractivity contribution in [3.63, 3.8) is 0 Å². The van der Waals surface area contributed by atoms with Crippen LogP contribution < -0.4 is 14.8 Å². The molecule has 190 valence electrons. The van der Waals surface area contributed by atoms with Crippen molar-refractivity contribution in [3.8, 4) is 11.6 Å². The van der Waals surface area contributed by atoms with Gasteiger partial charge in [-0.15, -0.1) is 0 Å². The zero-order valence-corrected chi connectivity index (χ0v) is 21.3. The first-order valence-corrected chi connectivity index (χ1v) is 12.3. The number of nitrogens with one attached hydrogen (secondary N) is 1. The third-order valence-electron chi connectivity index (χ3n) is 6.67. The van der Waals surface area contributed by atoms with Gasteiger partial charge in [0.2, 0.25) is 5.75 Å². The van der Waals surface area contributed by atoms with E-state index >= 15 is 0 Å². The van der Waals surface area contributed by atoms with Crippen LogP contribution in [0.1, 0.15) is 19.8 Å². The Hall–Kier alpha value is -3.00. The van der Waals surface area contributed by atoms with Gasteiger partial charge in [0.05, 0.1) is 42.6 Å². The first kappa shape index (κ1) is 24.7. The Kier molecular flexibility index (Phi) is 6.72. The number of benzene rings is 1. The Labute approximate surface area is 218 Å². The monoisotopic (exact) mass is 533 g/mol. The van der Waals surface area contributed by atoms with Crippen LogP contribution in [0.25, 0.3) is 4.85 Å². The van der Waals surface area contributed by atoms with Gasteiger partial charge in [0.15, 0.2) is 11.5 Å². The summed E-state index contributed by atoms with van der Waals surface area (Å²) in [5, 5.41) is 3.60. The molecule has 12 heteroatoms. The number of methoxy groups -OCH3 is 1. The summed E-state index contributed by atoms with van der Waals surface area (Å²) in [7, 11) is 1.49. The van der Waals surface area contributed by atoms with Crippen molar-refractivity contribution >= 4 is 46.5 Å². The van der Waals surface area contributed by atoms with Crippen LogP contribution in [0.3, 0.4) is 0 Å². The third kappa shape index (κ3) is 4.96. The number of nitrogens with zero attached hydrogens (tertiary/aromatic N) is 4. The van der Waals surface area contributed by atoms with Gasteiger partial charge >= 0.3 is 6.09 Å². The molecule has 0 spiro atoms. The molecule has 1 aliphatic carbocycles. The lowest BCUT2D eigenvalue weighted by molar-refractivity contribution is -0.112. The molecule has 1 amide bonds. The molecule has 1 saturated carbocycles. The fourth-order valence-corrected chi connectivity index (χ4v) is 5.07. The first-order valence-electron chi connectivity index (χ1n) is 11.5. The summed E-state index contributed by atoms with van der Waals surface area (Å²) in [6, 6.07) is 3.02. The number of amides is 1. The van der Waals surface area contributed by atoms with Crippen LogP contribution in [0.2, 0.25) is 10.0 Å². The molecule has 5 rings (SSSR count). The summed E-state index contributed by atoms with van der Waals surface area (Å²) >= 11 is 12.7. The van der Waals surface area contributed by atoms with E-state index in [2.05, 4.69) is 20.1 Å². The standard InChI is InChI=1S/C24H25Cl2N5O5/c1-24(4-5-24)36-23(32)31-8-13-10-34-11-14(9-31)19(13)35-22-20(33-3)21(28-12-29-22)30-18-16(25)6-15(27-2)7-17(18)26/h6-7,12-14,19H,4-5,8-11H2,1,3H3,(H,28,29,30). The second-order valence-corrected chi connectivity index (χ2v) is 10.3. The maximum atomic E-state index is 12.7. The number of halogens is 2. The van der Waals surface area contributed by atoms with Crippen LogP contribution in [-0.2, 0) is 9.47 Å². The van der Waals surface area contributed by atoms with Crippen molar-refractivity contribution in [2.45, 2.75) is 31.5 Å². The molecule has 2 aromatic rings. The summed E-state index contributed by atoms with van der Waals surface area (Å²) in [5.74, 6) is 0.725. The summed E-state index contributed by atoms with van der Waals surface area (Å²) < 4.78 is 23.4. The number of likely N-dealkylation sites (tertiary alicyclic amines) is 1. The van der Waals surface area contributed by atoms with E-state index in [9.17, 15) is 4.79 Å². The first-order chi connectivity index (χ1) is 17.3. The van der Waals surface area contributed by atoms with E-state index in [0.717, 1.165) is 12.8 Å². The fraction of sp³-hybridized carbons (Fsp3) is 0.500. The van der Waals surface area contributed by atoms with Gasteiger partial charge in [0.1, 0.15) is 18.0 Å². The summed E-state index contributed by atoms with van der Waals surface area (Å²) in [6.07, 6.45) is 2.64. The minimum atomic E-state index is -0.324. The number of carbonyl (C=O) groups excluding carboxylic acids is 1. The van der Waals surface area contributed by atoms with Gasteiger partial charge < -0.3 is 29.2 Å². The lowest BCUT2D eigenvalue weighted by Crippen LogP contribution is -2.59. The Bertz CT molecular complexity index is 1180. The van der Waals surface area contributed by atoms with Crippen LogP contribution in [0.4, 0.5) is 22.0 Å². The molecule has 2 aliphatic heterocycles. The normalized spacial score (nSPS) is 23.9. The van der Waals surface area contributed by atoms with Crippen LogP contribution in [-0.4, -0.2) is 66.1 Å². The molecule has 2 unspecified atom stereocenters. The summed E-state index contributed by atoms with van der Waals surface area (Å²) in [5.41, 5.74) is 0.384. The molecule has 1 aromatic heterocycles. The number of hydrogen-bond donors (Lipinski definition) is 1. The SMILES string of the molecule is [C-]#[N+]c1cc(Cl)c(Nc2ncnc(OC3C4COCC3CN(C(=O)OC3(C)CC3)C4)c2OC)c(Cl)c1. The smallest absolute Gasteiger partial charge is 0.410 e. The van der Waals surface area contributed by atoms with E-state index in [1.165, 1.54) is 25.6 Å². The van der Waals surface area contributed by atoms with Gasteiger partial charge in [-0.3, -0.25) is 0 Å². The quantitative estimate of drug-likeness (QED) is 0.511. The molecule has 3 heterocycles. The Balaban J connectivity index is 1.34. The zero-order valence-electron chi connectivity index (χ0n) is 19.8. The van der Waals surface area contributed by atoms with Gasteiger partial charge in [-0.1, -0.05) is 23.2 Å². The lowest BCUT2D eigenvalue weighted by atomic mass is 9.84. The maximum absolute atomic E-state index is 12.7. The molecule has 2 bridgehead atoms. The van der Waals surface area contributed by atoms with E-state index in [4.69, 9.17) is 48.7 Å². The topological polar surface area (TPSA) is 99.4 Å². The van der Waals surface area contributed by atoms with E-state index in [-0.39, 0.29) is 51.3 Å². The Morgan fingerprint density at radius 3 is 2.47 bits per heavy atom. The highest BCUT2D eigenvalue weighted by molar-refractivity contribution is 6.39. The van der Waals surface area contributed by atoms with Gasteiger partial charge in [0, 0.05) is 24.9 Å². The molecule has 3 aliphatic rings. The highest BCUT2D eigenvalue weighted by Gasteiger charge is 2.47. The average Bonchev–Trinajstić information content (AvgIpc) is 3.57. The van der Waals surface area contributed by atoms with Gasteiger partial charge in [-0.25, -0.2) is 14.6 Å². The predicted octanol–water partition coefficient (Wildman–Crippen LogP) is 5.10. The van der Waals surface area contributed by atoms with E-state index < -0.39 is 0 Å². The Morgan fingerprint density at radius 2 is 1.89 bits per heavy atom. The minimum absolute atomic E-state index is 0.0572. The van der Waals surface area contributed by atoms with Crippen molar-refractivity contribution < 1.29 is 23.7 Å². The highest BCUT2D eigenvalue weighted by atomic mass is 35.5. The third-order valence-corrected chi connectivity index (χ3v) is 7.27. The molecular formula is C24H25Cl2N5O5. The van der Waals surface area contributed by atoms with E-state index in [1.807, 2.05) is 6.92 Å². The van der Waals surface area contributed by atoms with E-state index in [1.54, 1.807) is 4.90 Å². The number of fused-ring (bicyclic) bond motifs is 2. The van der Waals surface area contributed by atoms with Gasteiger partial charge in [0.25, 0.3) is 5.88 Å². The predicted molar refractivity (Wildman–Crippen MR) is 132 cm³/mol. The summed E-state index contributed by atoms with van der Waals surface area (Å²) in [6.45, 7) is 11.0. The van der Waals surface area contributed by atoms with Gasteiger partial charge in [-0.2, -0.15) is 4.98 Å². The highest BCUT2D eigenvalue weighted by Crippen LogP contribution is 2.42. The lowest BCUT2D eigenvalue weighted by Gasteiger charge is -2.46. The van der Waals surface area contributed by atoms with Crippen molar-refractivity contribution in [1.29, 1.82) is 0 Å². The van der Waals surface area contributed by atoms with Crippen molar-refractivity contribution in [1.82, 2.24) is 14.9 Å². The molecule has 36 heavy (non-hydrogen) atoms. The second-order valence-electron chi connectivity index (χ2n) is 9.44. The van der Waals surface area contributed by atoms with Crippen LogP contribution >= 0.6 is 23.2 Å². The van der Waals surface area contributed by atoms with Gasteiger partial charge in [-0.05, 0) is 31.9 Å². The molecule has 3 fully saturated rings. The van der Waals surface area contributed by atoms with Crippen molar-refractivity contribution in [2.75, 3.05) is 38.7 Å². The number of piperidine rings is 1. The summed E-state index contributed by atoms with van der Waals surface area (Å²) in [4.78, 5) is 26.4. The number of rotatable bonds is 6. The molecule has 2 saturated heterocycles. The van der Waals surface area contributed by atoms with E-state index in [0.29, 0.717) is 43.5 Å².